The van der Waals surface area contributed by atoms with E-state index in [1.54, 1.807) is 19.9 Å². The molecule has 0 aliphatic rings. The Labute approximate surface area is 146 Å². The molecule has 0 atom stereocenters. The molecule has 0 aliphatic carbocycles. The summed E-state index contributed by atoms with van der Waals surface area (Å²) in [5.74, 6) is -1.24. The second-order valence-corrected chi connectivity index (χ2v) is 10.7. The second kappa shape index (κ2) is 8.39. The lowest BCUT2D eigenvalue weighted by Crippen LogP contribution is -2.40. The summed E-state index contributed by atoms with van der Waals surface area (Å²) in [7, 11) is -7.19. The molecule has 1 aromatic heterocycles. The number of hydrogen-bond donors (Lipinski definition) is 2. The van der Waals surface area contributed by atoms with E-state index in [-0.39, 0.29) is 16.5 Å². The Kier molecular flexibility index (Phi) is 7.35. The zero-order chi connectivity index (χ0) is 18.5. The van der Waals surface area contributed by atoms with Crippen LogP contribution in [0.2, 0.25) is 0 Å². The van der Waals surface area contributed by atoms with Crippen molar-refractivity contribution >= 4 is 37.4 Å². The predicted octanol–water partition coefficient (Wildman–Crippen LogP) is 0.714. The summed E-state index contributed by atoms with van der Waals surface area (Å²) in [6.07, 6.45) is 0.361. The van der Waals surface area contributed by atoms with Crippen LogP contribution >= 0.6 is 11.3 Å². The number of carboxylic acids is 1. The van der Waals surface area contributed by atoms with Crippen LogP contribution in [-0.2, 0) is 31.3 Å². The van der Waals surface area contributed by atoms with E-state index in [0.29, 0.717) is 11.3 Å². The van der Waals surface area contributed by atoms with Crippen LogP contribution in [0.25, 0.3) is 0 Å². The van der Waals surface area contributed by atoms with Crippen LogP contribution in [0.5, 0.6) is 0 Å². The SMILES string of the molecule is CCS(=O)(=O)NCCc1ccc(S(=O)(=O)N(CC(=O)O)C(C)C)s1. The number of nitrogens with one attached hydrogen (secondary N) is 1. The molecule has 0 aliphatic heterocycles. The van der Waals surface area contributed by atoms with Gasteiger partial charge in [-0.1, -0.05) is 0 Å². The van der Waals surface area contributed by atoms with E-state index >= 15 is 0 Å². The fourth-order valence-electron chi connectivity index (χ4n) is 1.86. The van der Waals surface area contributed by atoms with Gasteiger partial charge in [0, 0.05) is 17.5 Å². The average molecular weight is 399 g/mol. The lowest BCUT2D eigenvalue weighted by Gasteiger charge is -2.23. The molecular formula is C13H22N2O6S3. The molecule has 0 saturated heterocycles. The minimum absolute atomic E-state index is 0.0182. The quantitative estimate of drug-likeness (QED) is 0.599. The summed E-state index contributed by atoms with van der Waals surface area (Å²) in [4.78, 5) is 11.6. The summed E-state index contributed by atoms with van der Waals surface area (Å²) in [6, 6.07) is 2.53. The minimum Gasteiger partial charge on any atom is -0.480 e. The van der Waals surface area contributed by atoms with E-state index in [9.17, 15) is 21.6 Å². The van der Waals surface area contributed by atoms with Crippen LogP contribution in [0.3, 0.4) is 0 Å². The minimum atomic E-state index is -3.90. The number of sulfonamides is 2. The lowest BCUT2D eigenvalue weighted by molar-refractivity contribution is -0.137. The molecular weight excluding hydrogens is 376 g/mol. The summed E-state index contributed by atoms with van der Waals surface area (Å²) < 4.78 is 51.2. The van der Waals surface area contributed by atoms with Gasteiger partial charge in [0.05, 0.1) is 5.75 Å². The van der Waals surface area contributed by atoms with Gasteiger partial charge in [0.2, 0.25) is 10.0 Å². The van der Waals surface area contributed by atoms with E-state index in [2.05, 4.69) is 4.72 Å². The van der Waals surface area contributed by atoms with Crippen LogP contribution in [0.4, 0.5) is 0 Å². The van der Waals surface area contributed by atoms with Crippen molar-refractivity contribution in [3.05, 3.63) is 17.0 Å². The predicted molar refractivity (Wildman–Crippen MR) is 92.2 cm³/mol. The van der Waals surface area contributed by atoms with Gasteiger partial charge in [0.25, 0.3) is 10.0 Å². The first kappa shape index (κ1) is 21.0. The molecule has 0 fully saturated rings. The smallest absolute Gasteiger partial charge is 0.318 e. The van der Waals surface area contributed by atoms with Crippen molar-refractivity contribution in [3.8, 4) is 0 Å². The van der Waals surface area contributed by atoms with E-state index in [0.717, 1.165) is 15.6 Å². The van der Waals surface area contributed by atoms with Crippen LogP contribution < -0.4 is 4.72 Å². The lowest BCUT2D eigenvalue weighted by atomic mass is 10.3. The van der Waals surface area contributed by atoms with Crippen molar-refractivity contribution in [2.75, 3.05) is 18.8 Å². The van der Waals surface area contributed by atoms with Gasteiger partial charge in [-0.3, -0.25) is 4.79 Å². The highest BCUT2D eigenvalue weighted by molar-refractivity contribution is 7.91. The second-order valence-electron chi connectivity index (χ2n) is 5.31. The van der Waals surface area contributed by atoms with Gasteiger partial charge < -0.3 is 5.11 Å². The Hall–Kier alpha value is -1.01. The number of aliphatic carboxylic acids is 1. The summed E-state index contributed by atoms with van der Waals surface area (Å²) in [5.41, 5.74) is 0. The molecule has 0 radical (unpaired) electrons. The Morgan fingerprint density at radius 3 is 2.42 bits per heavy atom. The van der Waals surface area contributed by atoms with Gasteiger partial charge in [-0.05, 0) is 39.3 Å². The molecule has 11 heteroatoms. The monoisotopic (exact) mass is 398 g/mol. The van der Waals surface area contributed by atoms with Gasteiger partial charge in [0.15, 0.2) is 0 Å². The molecule has 24 heavy (non-hydrogen) atoms. The standard InChI is InChI=1S/C13H22N2O6S3/c1-4-23(18,19)14-8-7-11-5-6-13(22-11)24(20,21)15(10(2)3)9-12(16)17/h5-6,10,14H,4,7-9H2,1-3H3,(H,16,17). The number of rotatable bonds is 10. The summed E-state index contributed by atoms with van der Waals surface area (Å²) in [5, 5.41) is 8.90. The van der Waals surface area contributed by atoms with E-state index in [4.69, 9.17) is 5.11 Å². The van der Waals surface area contributed by atoms with Gasteiger partial charge in [0.1, 0.15) is 10.8 Å². The zero-order valence-electron chi connectivity index (χ0n) is 13.7. The highest BCUT2D eigenvalue weighted by Crippen LogP contribution is 2.26. The van der Waals surface area contributed by atoms with Crippen LogP contribution in [0.15, 0.2) is 16.3 Å². The molecule has 0 spiro atoms. The fraction of sp³-hybridized carbons (Fsp3) is 0.615. The van der Waals surface area contributed by atoms with Gasteiger partial charge >= 0.3 is 5.97 Å². The highest BCUT2D eigenvalue weighted by Gasteiger charge is 2.30. The number of carbonyl (C=O) groups is 1. The molecule has 1 rings (SSSR count). The average Bonchev–Trinajstić information content (AvgIpc) is 2.93. The largest absolute Gasteiger partial charge is 0.480 e. The molecule has 1 heterocycles. The molecule has 0 aromatic carbocycles. The van der Waals surface area contributed by atoms with Crippen molar-refractivity contribution in [2.24, 2.45) is 0 Å². The normalized spacial score (nSPS) is 12.9. The maximum Gasteiger partial charge on any atom is 0.318 e. The van der Waals surface area contributed by atoms with Crippen molar-refractivity contribution in [2.45, 2.75) is 37.4 Å². The van der Waals surface area contributed by atoms with Crippen LogP contribution in [-0.4, -0.2) is 57.1 Å². The van der Waals surface area contributed by atoms with E-state index < -0.39 is 38.6 Å². The molecule has 2 N–H and O–H groups in total. The number of hydrogen-bond acceptors (Lipinski definition) is 6. The van der Waals surface area contributed by atoms with Gasteiger partial charge in [-0.15, -0.1) is 11.3 Å². The molecule has 0 unspecified atom stereocenters. The van der Waals surface area contributed by atoms with Crippen molar-refractivity contribution in [1.29, 1.82) is 0 Å². The number of carboxylic acid groups (broad SMARTS) is 1. The first-order valence-corrected chi connectivity index (χ1v) is 11.2. The Morgan fingerprint density at radius 2 is 1.92 bits per heavy atom. The van der Waals surface area contributed by atoms with Crippen LogP contribution in [0.1, 0.15) is 25.6 Å². The molecule has 138 valence electrons. The van der Waals surface area contributed by atoms with Crippen molar-refractivity contribution < 1.29 is 26.7 Å². The first-order chi connectivity index (χ1) is 11.0. The third-order valence-electron chi connectivity index (χ3n) is 3.14. The van der Waals surface area contributed by atoms with Gasteiger partial charge in [-0.2, -0.15) is 4.31 Å². The van der Waals surface area contributed by atoms with E-state index in [1.807, 2.05) is 0 Å². The van der Waals surface area contributed by atoms with Crippen molar-refractivity contribution in [1.82, 2.24) is 9.03 Å². The first-order valence-electron chi connectivity index (χ1n) is 7.29. The van der Waals surface area contributed by atoms with Crippen molar-refractivity contribution in [3.63, 3.8) is 0 Å². The summed E-state index contributed by atoms with van der Waals surface area (Å²) in [6.45, 7) is 4.31. The fourth-order valence-corrected chi connectivity index (χ4v) is 5.55. The maximum absolute atomic E-state index is 12.6. The van der Waals surface area contributed by atoms with E-state index in [1.165, 1.54) is 13.0 Å². The number of nitrogens with zero attached hydrogens (tertiary/aromatic N) is 1. The zero-order valence-corrected chi connectivity index (χ0v) is 16.2. The summed E-state index contributed by atoms with van der Waals surface area (Å²) >= 11 is 1.01. The Bertz CT molecular complexity index is 767. The highest BCUT2D eigenvalue weighted by atomic mass is 32.2. The Balaban J connectivity index is 2.87. The molecule has 1 aromatic rings. The Morgan fingerprint density at radius 1 is 1.29 bits per heavy atom. The third kappa shape index (κ3) is 5.81. The topological polar surface area (TPSA) is 121 Å². The molecule has 0 amide bonds. The third-order valence-corrected chi connectivity index (χ3v) is 8.18. The molecule has 0 saturated carbocycles. The maximum atomic E-state index is 12.6. The molecule has 0 bridgehead atoms. The van der Waals surface area contributed by atoms with Crippen LogP contribution in [0, 0.1) is 0 Å². The number of thiophene rings is 1. The van der Waals surface area contributed by atoms with Gasteiger partial charge in [-0.25, -0.2) is 21.6 Å². The molecule has 8 nitrogen and oxygen atoms in total.